The predicted molar refractivity (Wildman–Crippen MR) is 57.2 cm³/mol. The van der Waals surface area contributed by atoms with Crippen LogP contribution in [0.2, 0.25) is 4.34 Å². The Labute approximate surface area is 82.1 Å². The van der Waals surface area contributed by atoms with E-state index in [2.05, 4.69) is 11.9 Å². The maximum atomic E-state index is 5.89. The Bertz CT molecular complexity index is 267. The molecule has 0 aliphatic heterocycles. The van der Waals surface area contributed by atoms with Crippen LogP contribution in [0.1, 0.15) is 13.3 Å². The lowest BCUT2D eigenvalue weighted by molar-refractivity contribution is 1.00. The van der Waals surface area contributed by atoms with E-state index in [0.29, 0.717) is 0 Å². The second-order valence-electron chi connectivity index (χ2n) is 2.74. The van der Waals surface area contributed by atoms with Gasteiger partial charge in [-0.15, -0.1) is 17.9 Å². The van der Waals surface area contributed by atoms with Crippen LogP contribution in [-0.2, 0) is 0 Å². The molecule has 0 amide bonds. The van der Waals surface area contributed by atoms with Crippen LogP contribution in [0.5, 0.6) is 0 Å². The minimum Gasteiger partial charge on any atom is -0.383 e. The average molecular weight is 202 g/mol. The highest BCUT2D eigenvalue weighted by atomic mass is 35.5. The highest BCUT2D eigenvalue weighted by molar-refractivity contribution is 7.15. The van der Waals surface area contributed by atoms with Gasteiger partial charge in [0.05, 0.1) is 5.69 Å². The SMILES string of the molecule is C=C(C)CCNc1ccsc1Cl. The van der Waals surface area contributed by atoms with Crippen molar-refractivity contribution in [2.75, 3.05) is 11.9 Å². The molecule has 0 radical (unpaired) electrons. The summed E-state index contributed by atoms with van der Waals surface area (Å²) in [5.74, 6) is 0. The minimum absolute atomic E-state index is 0.830. The van der Waals surface area contributed by atoms with Gasteiger partial charge in [0.2, 0.25) is 0 Å². The van der Waals surface area contributed by atoms with E-state index in [0.717, 1.165) is 23.0 Å². The first kappa shape index (κ1) is 9.62. The third-order valence-electron chi connectivity index (χ3n) is 1.49. The lowest BCUT2D eigenvalue weighted by atomic mass is 10.2. The molecule has 0 aromatic carbocycles. The number of thiophene rings is 1. The van der Waals surface area contributed by atoms with Crippen LogP contribution in [0.3, 0.4) is 0 Å². The first-order valence-electron chi connectivity index (χ1n) is 3.81. The molecule has 0 atom stereocenters. The highest BCUT2D eigenvalue weighted by Crippen LogP contribution is 2.27. The van der Waals surface area contributed by atoms with Crippen molar-refractivity contribution in [1.29, 1.82) is 0 Å². The van der Waals surface area contributed by atoms with Crippen molar-refractivity contribution in [3.63, 3.8) is 0 Å². The fraction of sp³-hybridized carbons (Fsp3) is 0.333. The molecule has 1 heterocycles. The Morgan fingerprint density at radius 1 is 1.75 bits per heavy atom. The van der Waals surface area contributed by atoms with E-state index in [9.17, 15) is 0 Å². The van der Waals surface area contributed by atoms with Gasteiger partial charge in [-0.05, 0) is 24.8 Å². The van der Waals surface area contributed by atoms with Crippen LogP contribution in [0.4, 0.5) is 5.69 Å². The summed E-state index contributed by atoms with van der Waals surface area (Å²) in [5, 5.41) is 5.22. The zero-order chi connectivity index (χ0) is 8.97. The smallest absolute Gasteiger partial charge is 0.116 e. The summed E-state index contributed by atoms with van der Waals surface area (Å²) in [5.41, 5.74) is 2.22. The van der Waals surface area contributed by atoms with Crippen LogP contribution >= 0.6 is 22.9 Å². The molecular weight excluding hydrogens is 190 g/mol. The first-order valence-corrected chi connectivity index (χ1v) is 5.07. The van der Waals surface area contributed by atoms with Crippen LogP contribution in [-0.4, -0.2) is 6.54 Å². The van der Waals surface area contributed by atoms with Gasteiger partial charge in [-0.25, -0.2) is 0 Å². The molecule has 0 fully saturated rings. The Hall–Kier alpha value is -0.470. The number of rotatable bonds is 4. The molecule has 1 nitrogen and oxygen atoms in total. The van der Waals surface area contributed by atoms with E-state index in [1.165, 1.54) is 5.57 Å². The standard InChI is InChI=1S/C9H12ClNS/c1-7(2)3-5-11-8-4-6-12-9(8)10/h4,6,11H,1,3,5H2,2H3. The van der Waals surface area contributed by atoms with Crippen LogP contribution in [0.15, 0.2) is 23.6 Å². The molecule has 3 heteroatoms. The van der Waals surface area contributed by atoms with E-state index >= 15 is 0 Å². The highest BCUT2D eigenvalue weighted by Gasteiger charge is 1.98. The van der Waals surface area contributed by atoms with E-state index in [-0.39, 0.29) is 0 Å². The Morgan fingerprint density at radius 2 is 2.50 bits per heavy atom. The number of halogens is 1. The Morgan fingerprint density at radius 3 is 3.00 bits per heavy atom. The Kier molecular flexibility index (Phi) is 3.63. The summed E-state index contributed by atoms with van der Waals surface area (Å²) in [7, 11) is 0. The van der Waals surface area contributed by atoms with Gasteiger partial charge in [-0.3, -0.25) is 0 Å². The molecule has 0 saturated heterocycles. The Balaban J connectivity index is 2.33. The predicted octanol–water partition coefficient (Wildman–Crippen LogP) is 3.78. The molecule has 0 aliphatic carbocycles. The van der Waals surface area contributed by atoms with E-state index in [4.69, 9.17) is 11.6 Å². The van der Waals surface area contributed by atoms with Gasteiger partial charge in [0.25, 0.3) is 0 Å². The van der Waals surface area contributed by atoms with Crippen molar-refractivity contribution in [1.82, 2.24) is 0 Å². The molecule has 1 N–H and O–H groups in total. The second kappa shape index (κ2) is 4.53. The molecule has 0 aliphatic rings. The third-order valence-corrected chi connectivity index (χ3v) is 2.66. The number of hydrogen-bond acceptors (Lipinski definition) is 2. The summed E-state index contributed by atoms with van der Waals surface area (Å²) in [6.45, 7) is 6.76. The molecule has 0 unspecified atom stereocenters. The average Bonchev–Trinajstić information content (AvgIpc) is 2.36. The minimum atomic E-state index is 0.830. The molecule has 66 valence electrons. The molecule has 1 aromatic heterocycles. The molecule has 1 aromatic rings. The van der Waals surface area contributed by atoms with Crippen LogP contribution in [0.25, 0.3) is 0 Å². The van der Waals surface area contributed by atoms with Gasteiger partial charge >= 0.3 is 0 Å². The zero-order valence-corrected chi connectivity index (χ0v) is 8.63. The van der Waals surface area contributed by atoms with Crippen molar-refractivity contribution in [2.24, 2.45) is 0 Å². The van der Waals surface area contributed by atoms with Gasteiger partial charge in [0, 0.05) is 6.54 Å². The van der Waals surface area contributed by atoms with E-state index in [1.807, 2.05) is 18.4 Å². The number of anilines is 1. The van der Waals surface area contributed by atoms with Crippen molar-refractivity contribution in [3.8, 4) is 0 Å². The van der Waals surface area contributed by atoms with E-state index < -0.39 is 0 Å². The topological polar surface area (TPSA) is 12.0 Å². The fourth-order valence-electron chi connectivity index (χ4n) is 0.830. The third kappa shape index (κ3) is 2.88. The molecule has 1 rings (SSSR count). The zero-order valence-electron chi connectivity index (χ0n) is 7.06. The van der Waals surface area contributed by atoms with Gasteiger partial charge in [0.15, 0.2) is 0 Å². The second-order valence-corrected chi connectivity index (χ2v) is 4.26. The summed E-state index contributed by atoms with van der Waals surface area (Å²) in [4.78, 5) is 0. The van der Waals surface area contributed by atoms with Crippen LogP contribution in [0, 0.1) is 0 Å². The summed E-state index contributed by atoms with van der Waals surface area (Å²) < 4.78 is 0.830. The van der Waals surface area contributed by atoms with Gasteiger partial charge in [-0.2, -0.15) is 0 Å². The molecule has 0 saturated carbocycles. The molecule has 0 bridgehead atoms. The fourth-order valence-corrected chi connectivity index (χ4v) is 1.70. The van der Waals surface area contributed by atoms with Crippen molar-refractivity contribution in [3.05, 3.63) is 27.9 Å². The lowest BCUT2D eigenvalue weighted by Gasteiger charge is -2.03. The van der Waals surface area contributed by atoms with Crippen molar-refractivity contribution >= 4 is 28.6 Å². The van der Waals surface area contributed by atoms with E-state index in [1.54, 1.807) is 11.3 Å². The normalized spacial score (nSPS) is 9.83. The van der Waals surface area contributed by atoms with Gasteiger partial charge < -0.3 is 5.32 Å². The molecular formula is C9H12ClNS. The first-order chi connectivity index (χ1) is 5.70. The lowest BCUT2D eigenvalue weighted by Crippen LogP contribution is -2.00. The monoisotopic (exact) mass is 201 g/mol. The maximum absolute atomic E-state index is 5.89. The quantitative estimate of drug-likeness (QED) is 0.732. The number of nitrogens with one attached hydrogen (secondary N) is 1. The summed E-state index contributed by atoms with van der Waals surface area (Å²) in [6.07, 6.45) is 0.992. The number of hydrogen-bond donors (Lipinski definition) is 1. The van der Waals surface area contributed by atoms with Crippen molar-refractivity contribution in [2.45, 2.75) is 13.3 Å². The van der Waals surface area contributed by atoms with Crippen LogP contribution < -0.4 is 5.32 Å². The molecule has 0 spiro atoms. The van der Waals surface area contributed by atoms with Crippen molar-refractivity contribution < 1.29 is 0 Å². The van der Waals surface area contributed by atoms with Gasteiger partial charge in [-0.1, -0.05) is 17.2 Å². The van der Waals surface area contributed by atoms with Gasteiger partial charge in [0.1, 0.15) is 4.34 Å². The summed E-state index contributed by atoms with van der Waals surface area (Å²) >= 11 is 7.43. The summed E-state index contributed by atoms with van der Waals surface area (Å²) in [6, 6.07) is 1.99. The largest absolute Gasteiger partial charge is 0.383 e. The molecule has 12 heavy (non-hydrogen) atoms. The maximum Gasteiger partial charge on any atom is 0.116 e.